The van der Waals surface area contributed by atoms with E-state index < -0.39 is 6.10 Å². The third-order valence-corrected chi connectivity index (χ3v) is 3.45. The molecule has 0 aliphatic heterocycles. The minimum absolute atomic E-state index is 0.480. The van der Waals surface area contributed by atoms with Crippen LogP contribution in [0.4, 0.5) is 0 Å². The van der Waals surface area contributed by atoms with Crippen LogP contribution in [0.1, 0.15) is 48.3 Å². The van der Waals surface area contributed by atoms with Gasteiger partial charge in [0.2, 0.25) is 0 Å². The summed E-state index contributed by atoms with van der Waals surface area (Å²) >= 11 is 0. The Morgan fingerprint density at radius 3 is 2.42 bits per heavy atom. The highest BCUT2D eigenvalue weighted by Gasteiger charge is 2.16. The van der Waals surface area contributed by atoms with Gasteiger partial charge in [0.15, 0.2) is 0 Å². The van der Waals surface area contributed by atoms with Gasteiger partial charge in [-0.1, -0.05) is 0 Å². The van der Waals surface area contributed by atoms with Crippen molar-refractivity contribution in [2.75, 3.05) is 0 Å². The van der Waals surface area contributed by atoms with E-state index in [1.165, 1.54) is 0 Å². The molecule has 5 nitrogen and oxygen atoms in total. The summed E-state index contributed by atoms with van der Waals surface area (Å²) in [5, 5.41) is 18.8. The molecule has 0 aliphatic carbocycles. The number of aliphatic hydroxyl groups excluding tert-OH is 1. The smallest absolute Gasteiger partial charge is 0.0831 e. The van der Waals surface area contributed by atoms with Crippen molar-refractivity contribution in [2.24, 2.45) is 0 Å². The molecule has 19 heavy (non-hydrogen) atoms. The summed E-state index contributed by atoms with van der Waals surface area (Å²) in [4.78, 5) is 0. The Morgan fingerprint density at radius 1 is 1.21 bits per heavy atom. The lowest BCUT2D eigenvalue weighted by Crippen LogP contribution is -2.10. The molecule has 0 saturated heterocycles. The average molecular weight is 262 g/mol. The zero-order valence-electron chi connectivity index (χ0n) is 12.3. The van der Waals surface area contributed by atoms with Crippen molar-refractivity contribution in [3.63, 3.8) is 0 Å². The molecule has 1 N–H and O–H groups in total. The van der Waals surface area contributed by atoms with E-state index in [-0.39, 0.29) is 0 Å². The lowest BCUT2D eigenvalue weighted by Gasteiger charge is -2.08. The topological polar surface area (TPSA) is 55.9 Å². The largest absolute Gasteiger partial charge is 0.389 e. The van der Waals surface area contributed by atoms with E-state index in [2.05, 4.69) is 23.2 Å². The Kier molecular flexibility index (Phi) is 3.75. The highest BCUT2D eigenvalue weighted by molar-refractivity contribution is 5.27. The summed E-state index contributed by atoms with van der Waals surface area (Å²) in [6.07, 6.45) is -0.480. The molecule has 0 aliphatic rings. The fourth-order valence-electron chi connectivity index (χ4n) is 2.62. The van der Waals surface area contributed by atoms with Crippen LogP contribution in [0.3, 0.4) is 0 Å². The second-order valence-electron chi connectivity index (χ2n) is 5.01. The number of rotatable bonds is 4. The second-order valence-corrected chi connectivity index (χ2v) is 5.01. The van der Waals surface area contributed by atoms with Gasteiger partial charge in [0.1, 0.15) is 0 Å². The summed E-state index contributed by atoms with van der Waals surface area (Å²) in [5.74, 6) is 0. The lowest BCUT2D eigenvalue weighted by atomic mass is 10.1. The maximum absolute atomic E-state index is 9.80. The van der Waals surface area contributed by atoms with Crippen LogP contribution in [0.5, 0.6) is 0 Å². The van der Waals surface area contributed by atoms with Crippen LogP contribution in [0.25, 0.3) is 0 Å². The molecule has 1 unspecified atom stereocenters. The molecule has 0 fully saturated rings. The third-order valence-electron chi connectivity index (χ3n) is 3.45. The Balaban J connectivity index is 2.36. The zero-order valence-corrected chi connectivity index (χ0v) is 12.3. The van der Waals surface area contributed by atoms with Crippen LogP contribution >= 0.6 is 0 Å². The van der Waals surface area contributed by atoms with Gasteiger partial charge in [-0.15, -0.1) is 0 Å². The van der Waals surface area contributed by atoms with Crippen molar-refractivity contribution >= 4 is 0 Å². The molecule has 2 rings (SSSR count). The van der Waals surface area contributed by atoms with E-state index in [1.807, 2.05) is 30.1 Å². The van der Waals surface area contributed by atoms with Gasteiger partial charge in [-0.25, -0.2) is 0 Å². The summed E-state index contributed by atoms with van der Waals surface area (Å²) in [6, 6.07) is 2.09. The molecule has 0 amide bonds. The summed E-state index contributed by atoms with van der Waals surface area (Å²) in [6.45, 7) is 11.3. The first-order valence-corrected chi connectivity index (χ1v) is 6.69. The SMILES string of the molecule is CCn1nc(C)cc1Cn1nc(C)c(C(C)O)c1C. The standard InChI is InChI=1S/C14H22N4O/c1-6-17-13(7-9(2)15-17)8-18-11(4)14(12(5)19)10(3)16-18/h7,12,19H,6,8H2,1-5H3. The van der Waals surface area contributed by atoms with Crippen molar-refractivity contribution in [3.8, 4) is 0 Å². The molecular formula is C14H22N4O. The molecule has 2 aromatic rings. The molecule has 5 heteroatoms. The van der Waals surface area contributed by atoms with Gasteiger partial charge in [0.25, 0.3) is 0 Å². The first-order valence-electron chi connectivity index (χ1n) is 6.69. The Hall–Kier alpha value is -1.62. The Labute approximate surface area is 113 Å². The first-order chi connectivity index (χ1) is 8.93. The Bertz CT molecular complexity index is 581. The molecule has 0 radical (unpaired) electrons. The number of hydrogen-bond donors (Lipinski definition) is 1. The first kappa shape index (κ1) is 13.8. The van der Waals surface area contributed by atoms with Crippen LogP contribution in [-0.2, 0) is 13.1 Å². The van der Waals surface area contributed by atoms with Crippen LogP contribution in [-0.4, -0.2) is 24.7 Å². The van der Waals surface area contributed by atoms with Crippen LogP contribution < -0.4 is 0 Å². The lowest BCUT2D eigenvalue weighted by molar-refractivity contribution is 0.197. The van der Waals surface area contributed by atoms with Crippen molar-refractivity contribution in [3.05, 3.63) is 34.4 Å². The number of aromatic nitrogens is 4. The monoisotopic (exact) mass is 262 g/mol. The van der Waals surface area contributed by atoms with E-state index in [0.29, 0.717) is 6.54 Å². The number of aryl methyl sites for hydroxylation is 3. The molecule has 0 saturated carbocycles. The van der Waals surface area contributed by atoms with E-state index in [1.54, 1.807) is 6.92 Å². The van der Waals surface area contributed by atoms with E-state index in [4.69, 9.17) is 0 Å². The number of hydrogen-bond acceptors (Lipinski definition) is 3. The molecule has 2 heterocycles. The minimum atomic E-state index is -0.480. The van der Waals surface area contributed by atoms with Gasteiger partial charge in [-0.05, 0) is 40.7 Å². The molecule has 0 aromatic carbocycles. The highest BCUT2D eigenvalue weighted by atomic mass is 16.3. The minimum Gasteiger partial charge on any atom is -0.389 e. The highest BCUT2D eigenvalue weighted by Crippen LogP contribution is 2.21. The van der Waals surface area contributed by atoms with E-state index in [9.17, 15) is 5.11 Å². The summed E-state index contributed by atoms with van der Waals surface area (Å²) < 4.78 is 3.94. The van der Waals surface area contributed by atoms with Gasteiger partial charge in [0, 0.05) is 17.8 Å². The normalized spacial score (nSPS) is 12.9. The summed E-state index contributed by atoms with van der Waals surface area (Å²) in [5.41, 5.74) is 5.01. The molecule has 0 spiro atoms. The molecule has 1 atom stereocenters. The molecular weight excluding hydrogens is 240 g/mol. The quantitative estimate of drug-likeness (QED) is 0.918. The summed E-state index contributed by atoms with van der Waals surface area (Å²) in [7, 11) is 0. The van der Waals surface area contributed by atoms with Crippen molar-refractivity contribution in [2.45, 2.75) is 53.8 Å². The number of aliphatic hydroxyl groups is 1. The van der Waals surface area contributed by atoms with Gasteiger partial charge in [-0.2, -0.15) is 10.2 Å². The second kappa shape index (κ2) is 5.17. The predicted molar refractivity (Wildman–Crippen MR) is 74.1 cm³/mol. The molecule has 104 valence electrons. The average Bonchev–Trinajstić information content (AvgIpc) is 2.80. The number of nitrogens with zero attached hydrogens (tertiary/aromatic N) is 4. The molecule has 0 bridgehead atoms. The van der Waals surface area contributed by atoms with Crippen molar-refractivity contribution in [1.82, 2.24) is 19.6 Å². The van der Waals surface area contributed by atoms with Crippen LogP contribution in [0.2, 0.25) is 0 Å². The van der Waals surface area contributed by atoms with Gasteiger partial charge in [0.05, 0.1) is 29.7 Å². The van der Waals surface area contributed by atoms with Gasteiger partial charge in [-0.3, -0.25) is 9.36 Å². The van der Waals surface area contributed by atoms with Crippen LogP contribution in [0.15, 0.2) is 6.07 Å². The Morgan fingerprint density at radius 2 is 1.89 bits per heavy atom. The third kappa shape index (κ3) is 2.56. The van der Waals surface area contributed by atoms with Crippen molar-refractivity contribution < 1.29 is 5.11 Å². The van der Waals surface area contributed by atoms with E-state index in [0.717, 1.165) is 34.9 Å². The van der Waals surface area contributed by atoms with E-state index >= 15 is 0 Å². The predicted octanol–water partition coefficient (Wildman–Crippen LogP) is 2.13. The maximum Gasteiger partial charge on any atom is 0.0831 e. The maximum atomic E-state index is 9.80. The van der Waals surface area contributed by atoms with Gasteiger partial charge < -0.3 is 5.11 Å². The van der Waals surface area contributed by atoms with Crippen LogP contribution in [0, 0.1) is 20.8 Å². The van der Waals surface area contributed by atoms with Gasteiger partial charge >= 0.3 is 0 Å². The fourth-order valence-corrected chi connectivity index (χ4v) is 2.62. The fraction of sp³-hybridized carbons (Fsp3) is 0.571. The zero-order chi connectivity index (χ0) is 14.2. The molecule has 2 aromatic heterocycles. The van der Waals surface area contributed by atoms with Crippen molar-refractivity contribution in [1.29, 1.82) is 0 Å².